The largest absolute Gasteiger partial charge is 0.289 e. The molecule has 4 rings (SSSR count). The van der Waals surface area contributed by atoms with E-state index in [4.69, 9.17) is 0 Å². The lowest BCUT2D eigenvalue weighted by Gasteiger charge is -2.06. The van der Waals surface area contributed by atoms with Crippen LogP contribution in [0.4, 0.5) is 0 Å². The van der Waals surface area contributed by atoms with Gasteiger partial charge in [0.25, 0.3) is 0 Å². The molecule has 0 unspecified atom stereocenters. The summed E-state index contributed by atoms with van der Waals surface area (Å²) in [7, 11) is 0. The molecule has 0 amide bonds. The van der Waals surface area contributed by atoms with Crippen molar-refractivity contribution in [3.63, 3.8) is 0 Å². The Balaban J connectivity index is 0.000000181. The van der Waals surface area contributed by atoms with Crippen molar-refractivity contribution in [2.45, 2.75) is 27.7 Å². The Morgan fingerprint density at radius 2 is 0.812 bits per heavy atom. The number of carbonyl (C=O) groups is 2. The maximum absolute atomic E-state index is 12.2. The van der Waals surface area contributed by atoms with Crippen molar-refractivity contribution in [2.75, 3.05) is 0 Å². The van der Waals surface area contributed by atoms with Gasteiger partial charge in [0.05, 0.1) is 0 Å². The fraction of sp³-hybridized carbons (Fsp3) is 0.133. The molecular weight excluding hydrogens is 392 g/mol. The zero-order valence-electron chi connectivity index (χ0n) is 19.1. The molecule has 0 N–H and O–H groups in total. The summed E-state index contributed by atoms with van der Waals surface area (Å²) in [6.07, 6.45) is 0. The van der Waals surface area contributed by atoms with E-state index in [1.807, 2.05) is 125 Å². The normalized spacial score (nSPS) is 10.1. The molecule has 2 heteroatoms. The van der Waals surface area contributed by atoms with Gasteiger partial charge in [-0.2, -0.15) is 0 Å². The summed E-state index contributed by atoms with van der Waals surface area (Å²) in [6.45, 7) is 7.94. The number of benzene rings is 4. The van der Waals surface area contributed by atoms with Crippen molar-refractivity contribution in [2.24, 2.45) is 0 Å². The van der Waals surface area contributed by atoms with Gasteiger partial charge in [-0.3, -0.25) is 9.59 Å². The summed E-state index contributed by atoms with van der Waals surface area (Å²) >= 11 is 0. The van der Waals surface area contributed by atoms with Crippen molar-refractivity contribution in [1.29, 1.82) is 0 Å². The first-order valence-electron chi connectivity index (χ1n) is 10.7. The number of carbonyl (C=O) groups excluding carboxylic acids is 2. The summed E-state index contributed by atoms with van der Waals surface area (Å²) in [5, 5.41) is 0. The zero-order valence-corrected chi connectivity index (χ0v) is 19.1. The van der Waals surface area contributed by atoms with Crippen LogP contribution in [0.1, 0.15) is 54.1 Å². The topological polar surface area (TPSA) is 34.1 Å². The van der Waals surface area contributed by atoms with E-state index in [1.54, 1.807) is 0 Å². The third kappa shape index (κ3) is 5.67. The van der Waals surface area contributed by atoms with Crippen molar-refractivity contribution in [3.05, 3.63) is 142 Å². The summed E-state index contributed by atoms with van der Waals surface area (Å²) in [6, 6.07) is 30.7. The standard InChI is InChI=1S/2C15H14O/c2*1-11-8-9-12(2)14(10-11)15(16)13-6-4-3-5-7-13/h2*3-10H,1-2H3. The minimum Gasteiger partial charge on any atom is -0.289 e. The van der Waals surface area contributed by atoms with Crippen LogP contribution in [0, 0.1) is 27.7 Å². The summed E-state index contributed by atoms with van der Waals surface area (Å²) in [5.74, 6) is 0.198. The molecule has 0 aliphatic rings. The van der Waals surface area contributed by atoms with Crippen LogP contribution in [0.5, 0.6) is 0 Å². The molecular formula is C30H28O2. The zero-order chi connectivity index (χ0) is 23.1. The average Bonchev–Trinajstić information content (AvgIpc) is 2.83. The number of ketones is 2. The monoisotopic (exact) mass is 420 g/mol. The molecule has 0 heterocycles. The second kappa shape index (κ2) is 10.5. The third-order valence-corrected chi connectivity index (χ3v) is 5.35. The Morgan fingerprint density at radius 1 is 0.469 bits per heavy atom. The highest BCUT2D eigenvalue weighted by molar-refractivity contribution is 6.10. The molecule has 0 radical (unpaired) electrons. The van der Waals surface area contributed by atoms with Crippen LogP contribution in [0.25, 0.3) is 0 Å². The SMILES string of the molecule is Cc1ccc(C)c(C(=O)c2ccccc2)c1.Cc1ccc(C)c(C(=O)c2ccccc2)c1. The van der Waals surface area contributed by atoms with Crippen LogP contribution in [-0.2, 0) is 0 Å². The van der Waals surface area contributed by atoms with Gasteiger partial charge < -0.3 is 0 Å². The summed E-state index contributed by atoms with van der Waals surface area (Å²) < 4.78 is 0. The van der Waals surface area contributed by atoms with E-state index in [9.17, 15) is 9.59 Å². The Kier molecular flexibility index (Phi) is 7.51. The highest BCUT2D eigenvalue weighted by Crippen LogP contribution is 2.16. The molecule has 0 aromatic heterocycles. The molecule has 0 saturated carbocycles. The Labute approximate surface area is 190 Å². The van der Waals surface area contributed by atoms with E-state index in [2.05, 4.69) is 0 Å². The van der Waals surface area contributed by atoms with Crippen LogP contribution in [0.3, 0.4) is 0 Å². The van der Waals surface area contributed by atoms with Crippen LogP contribution < -0.4 is 0 Å². The van der Waals surface area contributed by atoms with Crippen LogP contribution in [0.2, 0.25) is 0 Å². The Hall–Kier alpha value is -3.78. The van der Waals surface area contributed by atoms with Gasteiger partial charge >= 0.3 is 0 Å². The Morgan fingerprint density at radius 3 is 1.16 bits per heavy atom. The van der Waals surface area contributed by atoms with Crippen LogP contribution in [0.15, 0.2) is 97.1 Å². The van der Waals surface area contributed by atoms with Gasteiger partial charge in [-0.05, 0) is 51.0 Å². The molecule has 0 bridgehead atoms. The van der Waals surface area contributed by atoms with Gasteiger partial charge in [-0.25, -0.2) is 0 Å². The molecule has 0 aliphatic heterocycles. The minimum atomic E-state index is 0.0989. The maximum Gasteiger partial charge on any atom is 0.193 e. The van der Waals surface area contributed by atoms with Gasteiger partial charge in [0.2, 0.25) is 0 Å². The lowest BCUT2D eigenvalue weighted by atomic mass is 9.97. The second-order valence-corrected chi connectivity index (χ2v) is 8.03. The summed E-state index contributed by atoms with van der Waals surface area (Å²) in [4.78, 5) is 24.4. The molecule has 0 atom stereocenters. The smallest absolute Gasteiger partial charge is 0.193 e. The van der Waals surface area contributed by atoms with E-state index >= 15 is 0 Å². The molecule has 160 valence electrons. The number of aryl methyl sites for hydroxylation is 4. The number of rotatable bonds is 4. The Bertz CT molecular complexity index is 1120. The van der Waals surface area contributed by atoms with Gasteiger partial charge in [-0.15, -0.1) is 0 Å². The van der Waals surface area contributed by atoms with Gasteiger partial charge in [0.15, 0.2) is 11.6 Å². The van der Waals surface area contributed by atoms with Crippen molar-refractivity contribution >= 4 is 11.6 Å². The molecule has 4 aromatic rings. The molecule has 4 aromatic carbocycles. The van der Waals surface area contributed by atoms with E-state index in [0.29, 0.717) is 0 Å². The van der Waals surface area contributed by atoms with E-state index in [1.165, 1.54) is 0 Å². The average molecular weight is 421 g/mol. The lowest BCUT2D eigenvalue weighted by Crippen LogP contribution is -2.03. The first-order valence-corrected chi connectivity index (χ1v) is 10.7. The van der Waals surface area contributed by atoms with Gasteiger partial charge in [-0.1, -0.05) is 96.1 Å². The van der Waals surface area contributed by atoms with Crippen molar-refractivity contribution in [1.82, 2.24) is 0 Å². The van der Waals surface area contributed by atoms with Gasteiger partial charge in [0.1, 0.15) is 0 Å². The molecule has 0 saturated heterocycles. The fourth-order valence-electron chi connectivity index (χ4n) is 3.45. The molecule has 2 nitrogen and oxygen atoms in total. The number of hydrogen-bond donors (Lipinski definition) is 0. The molecule has 0 fully saturated rings. The highest BCUT2D eigenvalue weighted by atomic mass is 16.1. The summed E-state index contributed by atoms with van der Waals surface area (Å²) in [5.41, 5.74) is 7.37. The van der Waals surface area contributed by atoms with Crippen LogP contribution >= 0.6 is 0 Å². The van der Waals surface area contributed by atoms with E-state index in [-0.39, 0.29) is 11.6 Å². The number of hydrogen-bond acceptors (Lipinski definition) is 2. The highest BCUT2D eigenvalue weighted by Gasteiger charge is 2.12. The van der Waals surface area contributed by atoms with Gasteiger partial charge in [0, 0.05) is 22.3 Å². The van der Waals surface area contributed by atoms with Crippen LogP contribution in [-0.4, -0.2) is 11.6 Å². The van der Waals surface area contributed by atoms with E-state index < -0.39 is 0 Å². The molecule has 32 heavy (non-hydrogen) atoms. The van der Waals surface area contributed by atoms with E-state index in [0.717, 1.165) is 44.5 Å². The minimum absolute atomic E-state index is 0.0989. The molecule has 0 aliphatic carbocycles. The maximum atomic E-state index is 12.2. The predicted molar refractivity (Wildman–Crippen MR) is 132 cm³/mol. The quantitative estimate of drug-likeness (QED) is 0.331. The molecule has 0 spiro atoms. The predicted octanol–water partition coefficient (Wildman–Crippen LogP) is 7.07. The first kappa shape index (κ1) is 22.9. The first-order chi connectivity index (χ1) is 15.4. The second-order valence-electron chi connectivity index (χ2n) is 8.03. The van der Waals surface area contributed by atoms with Crippen molar-refractivity contribution in [3.8, 4) is 0 Å². The third-order valence-electron chi connectivity index (χ3n) is 5.35. The fourth-order valence-corrected chi connectivity index (χ4v) is 3.45. The van der Waals surface area contributed by atoms with Crippen molar-refractivity contribution < 1.29 is 9.59 Å². The lowest BCUT2D eigenvalue weighted by molar-refractivity contribution is 0.103.